The van der Waals surface area contributed by atoms with Gasteiger partial charge in [0.25, 0.3) is 17.4 Å². The molecule has 0 saturated heterocycles. The van der Waals surface area contributed by atoms with Crippen molar-refractivity contribution in [1.29, 1.82) is 0 Å². The van der Waals surface area contributed by atoms with Crippen molar-refractivity contribution in [2.24, 2.45) is 5.92 Å². The van der Waals surface area contributed by atoms with Crippen LogP contribution in [0.25, 0.3) is 0 Å². The smallest absolute Gasteiger partial charge is 0.254 e. The molecule has 1 atom stereocenters. The van der Waals surface area contributed by atoms with E-state index in [1.165, 1.54) is 11.8 Å². The topological polar surface area (TPSA) is 92.5 Å². The third-order valence-electron chi connectivity index (χ3n) is 8.08. The highest BCUT2D eigenvalue weighted by molar-refractivity contribution is 7.98. The fourth-order valence-electron chi connectivity index (χ4n) is 5.87. The third-order valence-corrected chi connectivity index (χ3v) is 9.16. The van der Waals surface area contributed by atoms with Gasteiger partial charge >= 0.3 is 0 Å². The van der Waals surface area contributed by atoms with Gasteiger partial charge in [-0.2, -0.15) is 0 Å². The first kappa shape index (κ1) is 28.2. The lowest BCUT2D eigenvalue weighted by Gasteiger charge is -2.41. The van der Waals surface area contributed by atoms with E-state index in [1.54, 1.807) is 13.0 Å². The van der Waals surface area contributed by atoms with Gasteiger partial charge < -0.3 is 25.1 Å². The number of aromatic nitrogens is 1. The van der Waals surface area contributed by atoms with Crippen LogP contribution in [-0.4, -0.2) is 47.9 Å². The van der Waals surface area contributed by atoms with Crippen LogP contribution in [0.4, 0.5) is 8.78 Å². The van der Waals surface area contributed by atoms with Gasteiger partial charge in [-0.05, 0) is 63.8 Å². The summed E-state index contributed by atoms with van der Waals surface area (Å²) in [6.45, 7) is 4.06. The lowest BCUT2D eigenvalue weighted by Crippen LogP contribution is -2.53. The van der Waals surface area contributed by atoms with E-state index in [2.05, 4.69) is 15.6 Å². The highest BCUT2D eigenvalue weighted by Gasteiger charge is 2.46. The molecule has 3 N–H and O–H groups in total. The number of aromatic amines is 1. The minimum absolute atomic E-state index is 0.0700. The number of carbonyl (C=O) groups is 1. The minimum atomic E-state index is -2.51. The summed E-state index contributed by atoms with van der Waals surface area (Å²) in [5, 5.41) is 6.53. The molecule has 39 heavy (non-hydrogen) atoms. The van der Waals surface area contributed by atoms with E-state index >= 15 is 0 Å². The summed E-state index contributed by atoms with van der Waals surface area (Å²) < 4.78 is 38.8. The van der Waals surface area contributed by atoms with Gasteiger partial charge in [0.1, 0.15) is 12.7 Å². The summed E-state index contributed by atoms with van der Waals surface area (Å²) in [6, 6.07) is 3.62. The molecule has 2 aromatic rings. The number of amides is 1. The Morgan fingerprint density at radius 1 is 1.15 bits per heavy atom. The summed E-state index contributed by atoms with van der Waals surface area (Å²) in [6.07, 6.45) is 5.17. The predicted molar refractivity (Wildman–Crippen MR) is 148 cm³/mol. The molecule has 1 amide bonds. The number of halogens is 3. The molecular formula is C28H34ClF2N3O4S. The van der Waals surface area contributed by atoms with Crippen molar-refractivity contribution < 1.29 is 23.0 Å². The second-order valence-electron chi connectivity index (χ2n) is 10.9. The van der Waals surface area contributed by atoms with Crippen molar-refractivity contribution in [1.82, 2.24) is 15.6 Å². The van der Waals surface area contributed by atoms with E-state index < -0.39 is 5.92 Å². The standard InChI is InChI=1S/C28H34ClF2N3O4S/c1-14-8-23(39-3)20(27(36)33-14)12-32-26(35)19-9-21(29)25-24(15(19)2)38-22(13-37-25)16-4-6-17(7-5-16)34-18-10-28(30,31)11-18/h8-9,16-18,22,34H,4-7,10-13H2,1-3H3,(H,32,35)(H,33,36). The normalized spacial score (nSPS) is 24.2. The number of rotatable bonds is 7. The lowest BCUT2D eigenvalue weighted by molar-refractivity contribution is -0.0960. The van der Waals surface area contributed by atoms with Crippen LogP contribution < -0.4 is 25.7 Å². The molecule has 1 unspecified atom stereocenters. The van der Waals surface area contributed by atoms with Crippen LogP contribution in [0, 0.1) is 19.8 Å². The van der Waals surface area contributed by atoms with E-state index in [0.717, 1.165) is 36.3 Å². The monoisotopic (exact) mass is 581 g/mol. The largest absolute Gasteiger partial charge is 0.484 e. The molecule has 2 heterocycles. The number of benzene rings is 1. The number of carbonyl (C=O) groups excluding carboxylic acids is 1. The van der Waals surface area contributed by atoms with Crippen LogP contribution in [0.3, 0.4) is 0 Å². The first-order valence-corrected chi connectivity index (χ1v) is 15.0. The summed E-state index contributed by atoms with van der Waals surface area (Å²) in [4.78, 5) is 29.3. The van der Waals surface area contributed by atoms with Crippen molar-refractivity contribution in [2.75, 3.05) is 12.9 Å². The molecule has 2 aliphatic carbocycles. The number of H-pyrrole nitrogens is 1. The highest BCUT2D eigenvalue weighted by Crippen LogP contribution is 2.45. The summed E-state index contributed by atoms with van der Waals surface area (Å²) >= 11 is 7.96. The zero-order valence-electron chi connectivity index (χ0n) is 22.3. The number of aryl methyl sites for hydroxylation is 1. The van der Waals surface area contributed by atoms with Gasteiger partial charge in [-0.3, -0.25) is 9.59 Å². The Morgan fingerprint density at radius 2 is 1.87 bits per heavy atom. The molecule has 0 bridgehead atoms. The fraction of sp³-hybridized carbons (Fsp3) is 0.571. The molecule has 0 radical (unpaired) electrons. The van der Waals surface area contributed by atoms with Crippen LogP contribution in [0.5, 0.6) is 11.5 Å². The Bertz CT molecular complexity index is 1300. The number of alkyl halides is 2. The van der Waals surface area contributed by atoms with Crippen molar-refractivity contribution in [3.05, 3.63) is 49.9 Å². The number of ether oxygens (including phenoxy) is 2. The van der Waals surface area contributed by atoms with Crippen molar-refractivity contribution >= 4 is 29.3 Å². The summed E-state index contributed by atoms with van der Waals surface area (Å²) in [5.41, 5.74) is 2.02. The molecule has 1 aromatic heterocycles. The summed E-state index contributed by atoms with van der Waals surface area (Å²) in [7, 11) is 0. The quantitative estimate of drug-likeness (QED) is 0.380. The number of nitrogens with one attached hydrogen (secondary N) is 3. The Labute approximate surface area is 235 Å². The maximum atomic E-state index is 13.2. The predicted octanol–water partition coefficient (Wildman–Crippen LogP) is 5.38. The van der Waals surface area contributed by atoms with Crippen LogP contribution in [-0.2, 0) is 6.54 Å². The Kier molecular flexibility index (Phi) is 8.18. The molecule has 2 saturated carbocycles. The fourth-order valence-corrected chi connectivity index (χ4v) is 6.82. The number of fused-ring (bicyclic) bond motifs is 1. The maximum Gasteiger partial charge on any atom is 0.254 e. The van der Waals surface area contributed by atoms with Gasteiger partial charge in [0.05, 0.1) is 5.02 Å². The van der Waals surface area contributed by atoms with Gasteiger partial charge in [-0.25, -0.2) is 8.78 Å². The van der Waals surface area contributed by atoms with Crippen LogP contribution in [0.2, 0.25) is 5.02 Å². The molecule has 0 spiro atoms. The molecule has 1 aliphatic heterocycles. The number of pyridine rings is 1. The second-order valence-corrected chi connectivity index (χ2v) is 12.2. The van der Waals surface area contributed by atoms with Crippen molar-refractivity contribution in [3.8, 4) is 11.5 Å². The molecule has 1 aromatic carbocycles. The minimum Gasteiger partial charge on any atom is -0.484 e. The molecule has 212 valence electrons. The second kappa shape index (κ2) is 11.3. The van der Waals surface area contributed by atoms with Crippen molar-refractivity contribution in [2.45, 2.75) is 87.9 Å². The molecular weight excluding hydrogens is 548 g/mol. The van der Waals surface area contributed by atoms with Gasteiger partial charge in [-0.15, -0.1) is 11.8 Å². The zero-order chi connectivity index (χ0) is 27.9. The van der Waals surface area contributed by atoms with Gasteiger partial charge in [0.2, 0.25) is 0 Å². The van der Waals surface area contributed by atoms with E-state index in [4.69, 9.17) is 21.1 Å². The molecule has 11 heteroatoms. The maximum absolute atomic E-state index is 13.2. The molecule has 2 fully saturated rings. The average Bonchev–Trinajstić information content (AvgIpc) is 2.88. The number of hydrogen-bond donors (Lipinski definition) is 3. The number of thioether (sulfide) groups is 1. The highest BCUT2D eigenvalue weighted by atomic mass is 35.5. The Balaban J connectivity index is 1.23. The Hall–Kier alpha value is -2.30. The Morgan fingerprint density at radius 3 is 2.54 bits per heavy atom. The lowest BCUT2D eigenvalue weighted by atomic mass is 9.80. The number of hydrogen-bond acceptors (Lipinski definition) is 6. The van der Waals surface area contributed by atoms with Crippen molar-refractivity contribution in [3.63, 3.8) is 0 Å². The van der Waals surface area contributed by atoms with E-state index in [1.807, 2.05) is 19.2 Å². The van der Waals surface area contributed by atoms with E-state index in [0.29, 0.717) is 39.8 Å². The molecule has 7 nitrogen and oxygen atoms in total. The molecule has 5 rings (SSSR count). The summed E-state index contributed by atoms with van der Waals surface area (Å²) in [5.74, 6) is -1.71. The third kappa shape index (κ3) is 6.07. The van der Waals surface area contributed by atoms with Gasteiger partial charge in [-0.1, -0.05) is 11.6 Å². The zero-order valence-corrected chi connectivity index (χ0v) is 23.9. The van der Waals surface area contributed by atoms with Gasteiger partial charge in [0.15, 0.2) is 11.5 Å². The molecule has 3 aliphatic rings. The van der Waals surface area contributed by atoms with E-state index in [-0.39, 0.29) is 55.0 Å². The van der Waals surface area contributed by atoms with Crippen LogP contribution >= 0.6 is 23.4 Å². The average molecular weight is 582 g/mol. The van der Waals surface area contributed by atoms with Crippen LogP contribution in [0.1, 0.15) is 65.7 Å². The van der Waals surface area contributed by atoms with Gasteiger partial charge in [0, 0.05) is 58.7 Å². The first-order valence-electron chi connectivity index (χ1n) is 13.4. The van der Waals surface area contributed by atoms with E-state index in [9.17, 15) is 18.4 Å². The first-order chi connectivity index (χ1) is 18.5. The van der Waals surface area contributed by atoms with Crippen LogP contribution in [0.15, 0.2) is 21.8 Å². The SMILES string of the molecule is CSc1cc(C)[nH]c(=O)c1CNC(=O)c1cc(Cl)c2c(c1C)OC(C1CCC(NC3CC(F)(F)C3)CC1)CO2.